The van der Waals surface area contributed by atoms with E-state index in [1.54, 1.807) is 0 Å². The van der Waals surface area contributed by atoms with Crippen LogP contribution in [-0.2, 0) is 4.79 Å². The second-order valence-electron chi connectivity index (χ2n) is 5.50. The number of amides is 2. The predicted molar refractivity (Wildman–Crippen MR) is 103 cm³/mol. The Labute approximate surface area is 166 Å². The quantitative estimate of drug-likeness (QED) is 0.711. The van der Waals surface area contributed by atoms with Crippen LogP contribution in [0.3, 0.4) is 0 Å². The van der Waals surface area contributed by atoms with Crippen molar-refractivity contribution >= 4 is 58.8 Å². The Balaban J connectivity index is 0.00000243. The fraction of sp³-hybridized carbons (Fsp3) is 0.250. The minimum Gasteiger partial charge on any atom is -0.325 e. The van der Waals surface area contributed by atoms with Crippen LogP contribution in [-0.4, -0.2) is 34.4 Å². The van der Waals surface area contributed by atoms with Crippen molar-refractivity contribution in [1.82, 2.24) is 15.3 Å². The van der Waals surface area contributed by atoms with E-state index in [0.29, 0.717) is 5.69 Å². The number of hydrogen-bond donors (Lipinski definition) is 3. The van der Waals surface area contributed by atoms with Gasteiger partial charge in [-0.05, 0) is 31.5 Å². The summed E-state index contributed by atoms with van der Waals surface area (Å²) in [6.07, 6.45) is 5.97. The van der Waals surface area contributed by atoms with Gasteiger partial charge < -0.3 is 16.0 Å². The van der Waals surface area contributed by atoms with Gasteiger partial charge in [-0.15, -0.1) is 12.4 Å². The van der Waals surface area contributed by atoms with Crippen molar-refractivity contribution in [2.24, 2.45) is 0 Å². The SMILES string of the molecule is Cl.O=C(Nc1c(Cl)cc(NC(=O)C2CCCN2)cc1Cl)c1cnccn1. The summed E-state index contributed by atoms with van der Waals surface area (Å²) in [4.78, 5) is 32.0. The normalized spacial score (nSPS) is 15.8. The summed E-state index contributed by atoms with van der Waals surface area (Å²) in [7, 11) is 0. The molecule has 138 valence electrons. The van der Waals surface area contributed by atoms with Crippen LogP contribution in [0.25, 0.3) is 0 Å². The number of carbonyl (C=O) groups is 2. The van der Waals surface area contributed by atoms with Crippen molar-refractivity contribution in [3.63, 3.8) is 0 Å². The van der Waals surface area contributed by atoms with E-state index in [-0.39, 0.29) is 45.8 Å². The molecule has 7 nitrogen and oxygen atoms in total. The van der Waals surface area contributed by atoms with Crippen LogP contribution < -0.4 is 16.0 Å². The molecule has 10 heteroatoms. The number of halogens is 3. The molecule has 2 amide bonds. The standard InChI is InChI=1S/C16H15Cl2N5O2.ClH/c17-10-6-9(22-15(24)12-2-1-3-20-12)7-11(18)14(10)23-16(25)13-8-19-4-5-21-13;/h4-8,12,20H,1-3H2,(H,22,24)(H,23,25);1H. The Bertz CT molecular complexity index is 775. The molecule has 1 unspecified atom stereocenters. The highest BCUT2D eigenvalue weighted by Crippen LogP contribution is 2.34. The number of aromatic nitrogens is 2. The van der Waals surface area contributed by atoms with Gasteiger partial charge in [-0.1, -0.05) is 23.2 Å². The molecule has 0 saturated carbocycles. The van der Waals surface area contributed by atoms with Crippen molar-refractivity contribution in [2.45, 2.75) is 18.9 Å². The second kappa shape index (κ2) is 9.14. The van der Waals surface area contributed by atoms with E-state index in [4.69, 9.17) is 23.2 Å². The number of hydrogen-bond acceptors (Lipinski definition) is 5. The number of nitrogens with one attached hydrogen (secondary N) is 3. The number of anilines is 2. The zero-order valence-corrected chi connectivity index (χ0v) is 15.8. The minimum atomic E-state index is -0.483. The van der Waals surface area contributed by atoms with E-state index in [9.17, 15) is 9.59 Å². The molecule has 3 N–H and O–H groups in total. The average molecular weight is 417 g/mol. The first-order valence-electron chi connectivity index (χ1n) is 7.65. The van der Waals surface area contributed by atoms with Crippen LogP contribution in [0.5, 0.6) is 0 Å². The largest absolute Gasteiger partial charge is 0.325 e. The first-order valence-corrected chi connectivity index (χ1v) is 8.41. The third-order valence-electron chi connectivity index (χ3n) is 3.72. The molecule has 1 aromatic heterocycles. The molecule has 1 aliphatic rings. The van der Waals surface area contributed by atoms with Crippen molar-refractivity contribution in [1.29, 1.82) is 0 Å². The zero-order valence-electron chi connectivity index (χ0n) is 13.5. The van der Waals surface area contributed by atoms with E-state index in [1.807, 2.05) is 0 Å². The van der Waals surface area contributed by atoms with Gasteiger partial charge in [-0.3, -0.25) is 14.6 Å². The monoisotopic (exact) mass is 415 g/mol. The van der Waals surface area contributed by atoms with Crippen LogP contribution in [0.4, 0.5) is 11.4 Å². The van der Waals surface area contributed by atoms with Crippen molar-refractivity contribution in [2.75, 3.05) is 17.2 Å². The van der Waals surface area contributed by atoms with Gasteiger partial charge in [0, 0.05) is 18.1 Å². The second-order valence-corrected chi connectivity index (χ2v) is 6.31. The summed E-state index contributed by atoms with van der Waals surface area (Å²) in [6, 6.07) is 2.85. The highest BCUT2D eigenvalue weighted by Gasteiger charge is 2.22. The van der Waals surface area contributed by atoms with Gasteiger partial charge in [0.2, 0.25) is 5.91 Å². The summed E-state index contributed by atoms with van der Waals surface area (Å²) < 4.78 is 0. The van der Waals surface area contributed by atoms with Crippen LogP contribution in [0, 0.1) is 0 Å². The lowest BCUT2D eigenvalue weighted by Gasteiger charge is -2.14. The Morgan fingerprint density at radius 1 is 1.15 bits per heavy atom. The van der Waals surface area contributed by atoms with Gasteiger partial charge in [0.05, 0.1) is 28.0 Å². The third kappa shape index (κ3) is 4.82. The van der Waals surface area contributed by atoms with Gasteiger partial charge in [0.1, 0.15) is 5.69 Å². The summed E-state index contributed by atoms with van der Waals surface area (Å²) in [5.74, 6) is -0.621. The molecular weight excluding hydrogens is 401 g/mol. The maximum atomic E-state index is 12.1. The minimum absolute atomic E-state index is 0. The molecule has 2 heterocycles. The lowest BCUT2D eigenvalue weighted by Crippen LogP contribution is -2.35. The molecule has 0 aliphatic carbocycles. The average Bonchev–Trinajstić information content (AvgIpc) is 3.13. The first-order chi connectivity index (χ1) is 12.0. The van der Waals surface area contributed by atoms with Crippen LogP contribution >= 0.6 is 35.6 Å². The van der Waals surface area contributed by atoms with E-state index in [0.717, 1.165) is 19.4 Å². The molecule has 0 spiro atoms. The smallest absolute Gasteiger partial charge is 0.275 e. The molecule has 1 atom stereocenters. The Morgan fingerprint density at radius 2 is 1.88 bits per heavy atom. The highest BCUT2D eigenvalue weighted by atomic mass is 35.5. The predicted octanol–water partition coefficient (Wildman–Crippen LogP) is 3.15. The summed E-state index contributed by atoms with van der Waals surface area (Å²) in [5.41, 5.74) is 0.849. The van der Waals surface area contributed by atoms with E-state index in [1.165, 1.54) is 30.7 Å². The molecule has 2 aromatic rings. The molecule has 0 bridgehead atoms. The fourth-order valence-corrected chi connectivity index (χ4v) is 3.08. The Morgan fingerprint density at radius 3 is 2.46 bits per heavy atom. The molecule has 3 rings (SSSR count). The summed E-state index contributed by atoms with van der Waals surface area (Å²) in [5, 5.41) is 8.90. The van der Waals surface area contributed by atoms with Crippen LogP contribution in [0.2, 0.25) is 10.0 Å². The summed E-state index contributed by atoms with van der Waals surface area (Å²) >= 11 is 12.4. The zero-order chi connectivity index (χ0) is 17.8. The number of benzene rings is 1. The molecule has 1 aliphatic heterocycles. The van der Waals surface area contributed by atoms with Crippen LogP contribution in [0.15, 0.2) is 30.7 Å². The first kappa shape index (κ1) is 20.4. The third-order valence-corrected chi connectivity index (χ3v) is 4.32. The van der Waals surface area contributed by atoms with E-state index < -0.39 is 5.91 Å². The van der Waals surface area contributed by atoms with Crippen molar-refractivity contribution in [3.8, 4) is 0 Å². The fourth-order valence-electron chi connectivity index (χ4n) is 2.50. The van der Waals surface area contributed by atoms with Gasteiger partial charge in [-0.25, -0.2) is 4.98 Å². The maximum Gasteiger partial charge on any atom is 0.275 e. The lowest BCUT2D eigenvalue weighted by atomic mass is 10.2. The molecule has 1 saturated heterocycles. The molecule has 1 fully saturated rings. The van der Waals surface area contributed by atoms with Crippen LogP contribution in [0.1, 0.15) is 23.3 Å². The van der Waals surface area contributed by atoms with Gasteiger partial charge in [-0.2, -0.15) is 0 Å². The van der Waals surface area contributed by atoms with Gasteiger partial charge in [0.15, 0.2) is 0 Å². The Hall–Kier alpha value is -1.93. The molecule has 0 radical (unpaired) electrons. The number of rotatable bonds is 4. The number of carbonyl (C=O) groups excluding carboxylic acids is 2. The molecular formula is C16H16Cl3N5O2. The Kier molecular flexibility index (Phi) is 7.16. The molecule has 1 aromatic carbocycles. The van der Waals surface area contributed by atoms with E-state index >= 15 is 0 Å². The van der Waals surface area contributed by atoms with Crippen molar-refractivity contribution < 1.29 is 9.59 Å². The highest BCUT2D eigenvalue weighted by molar-refractivity contribution is 6.40. The van der Waals surface area contributed by atoms with Crippen molar-refractivity contribution in [3.05, 3.63) is 46.5 Å². The van der Waals surface area contributed by atoms with Gasteiger partial charge >= 0.3 is 0 Å². The summed E-state index contributed by atoms with van der Waals surface area (Å²) in [6.45, 7) is 0.826. The lowest BCUT2D eigenvalue weighted by molar-refractivity contribution is -0.117. The molecule has 26 heavy (non-hydrogen) atoms. The maximum absolute atomic E-state index is 12.1. The number of nitrogens with zero attached hydrogens (tertiary/aromatic N) is 2. The van der Waals surface area contributed by atoms with Gasteiger partial charge in [0.25, 0.3) is 5.91 Å². The topological polar surface area (TPSA) is 96.0 Å². The van der Waals surface area contributed by atoms with E-state index in [2.05, 4.69) is 25.9 Å².